The predicted molar refractivity (Wildman–Crippen MR) is 301 cm³/mol. The lowest BCUT2D eigenvalue weighted by molar-refractivity contribution is -0.303. The third-order valence-corrected chi connectivity index (χ3v) is 15.8. The standard InChI is InChI=1S/C54H96N6O31/c55-33(65)11-9-28(50(82)83)58-27(49(81)57-14-6-2-4-8-36(68)60(17-21-86-53-47(79)43(75)39(71)31(25-63)90-53)18-22-87-54-48(80)44(76)40(72)32(26-64)91-54)10-12-34(66)56-13-5-1-3-7-35(67)59(15-19-84-51-45(77)41(73)37(69)29(23-61)88-51)16-20-85-52-46(78)42(74)38(70)30(24-62)89-52/h27-32,37-48,51-54,58,61-64,69-80H,1-26H2,(H2,55,65)(H,56,66)(H,57,81)(H,82,83)/t27-,28-,29+,30+,31+,32+,37+,38+,39+,40+,41-,42-,43-,44-,45-,46-,47-,48-,51-,52-,53-,54-/m0/s1. The highest BCUT2D eigenvalue weighted by molar-refractivity contribution is 5.84. The first kappa shape index (κ1) is 79.3. The number of rotatable bonds is 42. The van der Waals surface area contributed by atoms with Crippen molar-refractivity contribution in [3.05, 3.63) is 0 Å². The van der Waals surface area contributed by atoms with Crippen LogP contribution in [-0.4, -0.2) is 359 Å². The second-order valence-electron chi connectivity index (χ2n) is 22.4. The second kappa shape index (κ2) is 40.9. The van der Waals surface area contributed by atoms with Crippen molar-refractivity contribution in [3.8, 4) is 0 Å². The van der Waals surface area contributed by atoms with Crippen LogP contribution in [0, 0.1) is 0 Å². The molecule has 4 fully saturated rings. The van der Waals surface area contributed by atoms with E-state index in [4.69, 9.17) is 43.6 Å². The molecule has 0 aromatic heterocycles. The van der Waals surface area contributed by atoms with Crippen molar-refractivity contribution in [3.63, 3.8) is 0 Å². The van der Waals surface area contributed by atoms with E-state index in [0.29, 0.717) is 32.1 Å². The largest absolute Gasteiger partial charge is 0.480 e. The number of primary amides is 1. The Morgan fingerprint density at radius 1 is 0.407 bits per heavy atom. The van der Waals surface area contributed by atoms with E-state index in [2.05, 4.69) is 16.0 Å². The topological polar surface area (TPSA) is 589 Å². The molecule has 4 saturated heterocycles. The summed E-state index contributed by atoms with van der Waals surface area (Å²) in [5.74, 6) is -4.26. The van der Waals surface area contributed by atoms with Gasteiger partial charge >= 0.3 is 5.97 Å². The average Bonchev–Trinajstić information content (AvgIpc) is 1.33. The first-order valence-electron chi connectivity index (χ1n) is 30.4. The van der Waals surface area contributed by atoms with E-state index in [1.165, 1.54) is 9.80 Å². The number of carboxylic acids is 1. The fraction of sp³-hybridized carbons (Fsp3) is 0.889. The van der Waals surface area contributed by atoms with Crippen LogP contribution in [-0.2, 0) is 66.7 Å². The Labute approximate surface area is 523 Å². The van der Waals surface area contributed by atoms with Gasteiger partial charge in [0.25, 0.3) is 0 Å². The van der Waals surface area contributed by atoms with Gasteiger partial charge in [-0.05, 0) is 38.5 Å². The van der Waals surface area contributed by atoms with Crippen molar-refractivity contribution in [2.75, 3.05) is 92.1 Å². The average molecular weight is 1330 g/mol. The number of aliphatic hydroxyl groups excluding tert-OH is 16. The molecule has 4 aliphatic heterocycles. The zero-order valence-corrected chi connectivity index (χ0v) is 50.4. The minimum atomic E-state index is -1.73. The summed E-state index contributed by atoms with van der Waals surface area (Å²) < 4.78 is 43.7. The van der Waals surface area contributed by atoms with Gasteiger partial charge in [-0.2, -0.15) is 0 Å². The van der Waals surface area contributed by atoms with E-state index < -0.39 is 197 Å². The molecule has 0 unspecified atom stereocenters. The molecule has 0 aliphatic carbocycles. The quantitative estimate of drug-likeness (QED) is 0.0252. The lowest BCUT2D eigenvalue weighted by atomic mass is 9.99. The Kier molecular flexibility index (Phi) is 35.6. The fourth-order valence-corrected chi connectivity index (χ4v) is 10.2. The summed E-state index contributed by atoms with van der Waals surface area (Å²) in [6, 6.07) is -2.68. The Morgan fingerprint density at radius 3 is 1.03 bits per heavy atom. The zero-order chi connectivity index (χ0) is 67.5. The van der Waals surface area contributed by atoms with Crippen molar-refractivity contribution in [2.24, 2.45) is 5.73 Å². The molecule has 91 heavy (non-hydrogen) atoms. The molecule has 0 spiro atoms. The molecule has 0 saturated carbocycles. The molecule has 22 N–H and O–H groups in total. The first-order valence-corrected chi connectivity index (χ1v) is 30.4. The van der Waals surface area contributed by atoms with Gasteiger partial charge in [-0.15, -0.1) is 0 Å². The van der Waals surface area contributed by atoms with Crippen molar-refractivity contribution < 1.29 is 153 Å². The maximum Gasteiger partial charge on any atom is 0.320 e. The molecule has 0 aromatic rings. The smallest absolute Gasteiger partial charge is 0.320 e. The van der Waals surface area contributed by atoms with E-state index in [-0.39, 0.29) is 111 Å². The number of nitrogens with two attached hydrogens (primary N) is 1. The van der Waals surface area contributed by atoms with Gasteiger partial charge in [0, 0.05) is 65.0 Å². The Bertz CT molecular complexity index is 2080. The van der Waals surface area contributed by atoms with Crippen molar-refractivity contribution in [2.45, 2.75) is 212 Å². The summed E-state index contributed by atoms with van der Waals surface area (Å²) in [6.45, 7) is -4.54. The molecule has 528 valence electrons. The van der Waals surface area contributed by atoms with E-state index in [1.54, 1.807) is 0 Å². The third kappa shape index (κ3) is 24.8. The molecule has 5 amide bonds. The Balaban J connectivity index is 1.26. The van der Waals surface area contributed by atoms with Crippen LogP contribution in [0.2, 0.25) is 0 Å². The van der Waals surface area contributed by atoms with Gasteiger partial charge in [-0.3, -0.25) is 34.1 Å². The summed E-state index contributed by atoms with van der Waals surface area (Å²) in [5.41, 5.74) is 5.25. The summed E-state index contributed by atoms with van der Waals surface area (Å²) in [5, 5.41) is 179. The second-order valence-corrected chi connectivity index (χ2v) is 22.4. The SMILES string of the molecule is NC(=O)CC[C@H](N[C@@H](CCC(=O)NCCCCCC(=O)N(CCO[C@H]1O[C@H](CO)[C@@H](O)[C@H](O)[C@@H]1O)CCO[C@H]1O[C@H](CO)[C@@H](O)[C@H](O)[C@@H]1O)C(=O)NCCCCCC(=O)N(CCO[C@H]1O[C@H](CO)[C@@H](O)[C@H](O)[C@@H]1O)CCO[C@H]1O[C@H](CO)[C@@H](O)[C@H](O)[C@@H]1O)C(=O)O. The lowest BCUT2D eigenvalue weighted by Crippen LogP contribution is -2.59. The minimum absolute atomic E-state index is 0.0339. The van der Waals surface area contributed by atoms with Crippen LogP contribution in [0.15, 0.2) is 0 Å². The highest BCUT2D eigenvalue weighted by atomic mass is 16.7. The molecule has 0 bridgehead atoms. The van der Waals surface area contributed by atoms with Gasteiger partial charge in [0.1, 0.15) is 104 Å². The normalized spacial score (nSPS) is 32.5. The number of hydrogen-bond acceptors (Lipinski definition) is 31. The highest BCUT2D eigenvalue weighted by Gasteiger charge is 2.48. The van der Waals surface area contributed by atoms with E-state index in [0.717, 1.165) is 0 Å². The summed E-state index contributed by atoms with van der Waals surface area (Å²) in [4.78, 5) is 80.1. The van der Waals surface area contributed by atoms with Crippen molar-refractivity contribution >= 4 is 35.5 Å². The van der Waals surface area contributed by atoms with Crippen LogP contribution in [0.3, 0.4) is 0 Å². The highest BCUT2D eigenvalue weighted by Crippen LogP contribution is 2.26. The summed E-state index contributed by atoms with van der Waals surface area (Å²) >= 11 is 0. The Hall–Kier alpha value is -4.18. The number of nitrogens with zero attached hydrogens (tertiary/aromatic N) is 2. The maximum absolute atomic E-state index is 13.6. The van der Waals surface area contributed by atoms with E-state index in [9.17, 15) is 116 Å². The van der Waals surface area contributed by atoms with Gasteiger partial charge in [0.2, 0.25) is 29.5 Å². The van der Waals surface area contributed by atoms with Crippen LogP contribution in [0.5, 0.6) is 0 Å². The van der Waals surface area contributed by atoms with Crippen LogP contribution < -0.4 is 21.7 Å². The lowest BCUT2D eigenvalue weighted by Gasteiger charge is -2.40. The molecule has 0 aromatic carbocycles. The number of aliphatic hydroxyl groups is 16. The van der Waals surface area contributed by atoms with Gasteiger partial charge in [-0.25, -0.2) is 0 Å². The molecule has 0 radical (unpaired) electrons. The number of aliphatic carboxylic acids is 1. The molecule has 4 heterocycles. The van der Waals surface area contributed by atoms with E-state index >= 15 is 0 Å². The van der Waals surface area contributed by atoms with Gasteiger partial charge in [0.15, 0.2) is 25.2 Å². The Morgan fingerprint density at radius 2 is 0.725 bits per heavy atom. The number of carbonyl (C=O) groups is 6. The molecule has 37 nitrogen and oxygen atoms in total. The minimum Gasteiger partial charge on any atom is -0.480 e. The number of ether oxygens (including phenoxy) is 8. The fourth-order valence-electron chi connectivity index (χ4n) is 10.2. The number of amides is 5. The summed E-state index contributed by atoms with van der Waals surface area (Å²) in [6.07, 6.45) is -30.6. The number of carboxylic acid groups (broad SMARTS) is 1. The van der Waals surface area contributed by atoms with Crippen molar-refractivity contribution in [1.82, 2.24) is 25.8 Å². The van der Waals surface area contributed by atoms with Crippen LogP contribution in [0.4, 0.5) is 0 Å². The van der Waals surface area contributed by atoms with E-state index in [1.807, 2.05) is 0 Å². The number of carbonyl (C=O) groups excluding carboxylic acids is 5. The number of hydrogen-bond donors (Lipinski definition) is 21. The molecule has 22 atom stereocenters. The summed E-state index contributed by atoms with van der Waals surface area (Å²) in [7, 11) is 0. The molecular weight excluding hydrogens is 1230 g/mol. The molecule has 37 heteroatoms. The number of nitrogens with one attached hydrogen (secondary N) is 3. The molecular formula is C54H96N6O31. The van der Waals surface area contributed by atoms with Crippen LogP contribution >= 0.6 is 0 Å². The van der Waals surface area contributed by atoms with Gasteiger partial charge < -0.3 is 151 Å². The van der Waals surface area contributed by atoms with Gasteiger partial charge in [-0.1, -0.05) is 12.8 Å². The van der Waals surface area contributed by atoms with Crippen molar-refractivity contribution in [1.29, 1.82) is 0 Å². The van der Waals surface area contributed by atoms with Gasteiger partial charge in [0.05, 0.1) is 58.9 Å². The zero-order valence-electron chi connectivity index (χ0n) is 50.4. The van der Waals surface area contributed by atoms with Crippen LogP contribution in [0.25, 0.3) is 0 Å². The monoisotopic (exact) mass is 1320 g/mol. The molecule has 4 aliphatic rings. The first-order chi connectivity index (χ1) is 43.3. The predicted octanol–water partition coefficient (Wildman–Crippen LogP) is -11.3. The maximum atomic E-state index is 13.6. The number of unbranched alkanes of at least 4 members (excludes halogenated alkanes) is 4. The molecule has 4 rings (SSSR count). The third-order valence-electron chi connectivity index (χ3n) is 15.8. The van der Waals surface area contributed by atoms with Crippen LogP contribution in [0.1, 0.15) is 77.0 Å².